The Kier molecular flexibility index (Phi) is 7.98. The van der Waals surface area contributed by atoms with Crippen LogP contribution in [0.25, 0.3) is 0 Å². The van der Waals surface area contributed by atoms with Gasteiger partial charge < -0.3 is 20.3 Å². The zero-order chi connectivity index (χ0) is 19.8. The summed E-state index contributed by atoms with van der Waals surface area (Å²) >= 11 is 0. The summed E-state index contributed by atoms with van der Waals surface area (Å²) in [6, 6.07) is 8.81. The van der Waals surface area contributed by atoms with Gasteiger partial charge in [-0.25, -0.2) is 0 Å². The molecule has 1 aromatic rings. The first-order valence-electron chi connectivity index (χ1n) is 10.7. The monoisotopic (exact) mass is 387 g/mol. The van der Waals surface area contributed by atoms with Crippen molar-refractivity contribution in [2.24, 2.45) is 10.9 Å². The van der Waals surface area contributed by atoms with Gasteiger partial charge in [-0.1, -0.05) is 12.1 Å². The van der Waals surface area contributed by atoms with Crippen LogP contribution in [-0.4, -0.2) is 76.2 Å². The number of guanidine groups is 1. The normalized spacial score (nSPS) is 20.9. The third-order valence-electron chi connectivity index (χ3n) is 6.14. The maximum atomic E-state index is 5.45. The predicted octanol–water partition coefficient (Wildman–Crippen LogP) is 2.34. The molecule has 28 heavy (non-hydrogen) atoms. The second kappa shape index (κ2) is 10.7. The Bertz CT molecular complexity index is 621. The summed E-state index contributed by atoms with van der Waals surface area (Å²) in [5.74, 6) is 2.57. The van der Waals surface area contributed by atoms with Crippen LogP contribution in [0.15, 0.2) is 29.3 Å². The Morgan fingerprint density at radius 3 is 2.61 bits per heavy atom. The van der Waals surface area contributed by atoms with E-state index in [1.54, 1.807) is 7.11 Å². The van der Waals surface area contributed by atoms with Gasteiger partial charge in [0.25, 0.3) is 0 Å². The van der Waals surface area contributed by atoms with Crippen LogP contribution in [-0.2, 0) is 0 Å². The highest BCUT2D eigenvalue weighted by Gasteiger charge is 2.24. The molecule has 6 heteroatoms. The maximum Gasteiger partial charge on any atom is 0.191 e. The van der Waals surface area contributed by atoms with Crippen molar-refractivity contribution in [1.82, 2.24) is 20.4 Å². The van der Waals surface area contributed by atoms with E-state index in [4.69, 9.17) is 4.74 Å². The Balaban J connectivity index is 1.57. The number of hydrogen-bond acceptors (Lipinski definition) is 4. The Labute approximate surface area is 170 Å². The largest absolute Gasteiger partial charge is 0.497 e. The third-order valence-corrected chi connectivity index (χ3v) is 6.14. The molecule has 6 nitrogen and oxygen atoms in total. The molecule has 1 aromatic carbocycles. The predicted molar refractivity (Wildman–Crippen MR) is 116 cm³/mol. The number of likely N-dealkylation sites (tertiary alicyclic amines) is 2. The van der Waals surface area contributed by atoms with Gasteiger partial charge >= 0.3 is 0 Å². The van der Waals surface area contributed by atoms with Gasteiger partial charge in [0, 0.05) is 20.1 Å². The van der Waals surface area contributed by atoms with Gasteiger partial charge in [0.1, 0.15) is 5.75 Å². The van der Waals surface area contributed by atoms with E-state index >= 15 is 0 Å². The molecule has 0 aromatic heterocycles. The standard InChI is InChI=1S/C22H37N5O/c1-23-22(24-16-18-9-13-26(2)14-10-18)25-17-21(27-11-4-5-12-27)19-7-6-8-20(15-19)28-3/h6-8,15,18,21H,4-5,9-14,16-17H2,1-3H3,(H2,23,24,25). The lowest BCUT2D eigenvalue weighted by molar-refractivity contribution is 0.219. The molecule has 0 saturated carbocycles. The smallest absolute Gasteiger partial charge is 0.191 e. The van der Waals surface area contributed by atoms with Crippen LogP contribution in [0, 0.1) is 5.92 Å². The minimum atomic E-state index is 0.333. The van der Waals surface area contributed by atoms with E-state index in [9.17, 15) is 0 Å². The van der Waals surface area contributed by atoms with Crippen LogP contribution >= 0.6 is 0 Å². The topological polar surface area (TPSA) is 52.1 Å². The van der Waals surface area contributed by atoms with E-state index in [0.29, 0.717) is 6.04 Å². The molecule has 2 N–H and O–H groups in total. The second-order valence-electron chi connectivity index (χ2n) is 8.12. The molecular weight excluding hydrogens is 350 g/mol. The first kappa shape index (κ1) is 20.9. The molecule has 0 radical (unpaired) electrons. The molecule has 2 aliphatic heterocycles. The number of nitrogens with zero attached hydrogens (tertiary/aromatic N) is 3. The third kappa shape index (κ3) is 5.85. The number of piperidine rings is 1. The minimum absolute atomic E-state index is 0.333. The van der Waals surface area contributed by atoms with Crippen molar-refractivity contribution in [2.75, 3.05) is 60.5 Å². The Morgan fingerprint density at radius 1 is 1.18 bits per heavy atom. The summed E-state index contributed by atoms with van der Waals surface area (Å²) < 4.78 is 5.45. The Hall–Kier alpha value is -1.79. The molecule has 0 amide bonds. The quantitative estimate of drug-likeness (QED) is 0.556. The molecular formula is C22H37N5O. The number of aliphatic imine (C=N–C) groups is 1. The van der Waals surface area contributed by atoms with Crippen molar-refractivity contribution in [2.45, 2.75) is 31.7 Å². The van der Waals surface area contributed by atoms with Gasteiger partial charge in [-0.15, -0.1) is 0 Å². The highest BCUT2D eigenvalue weighted by Crippen LogP contribution is 2.27. The minimum Gasteiger partial charge on any atom is -0.497 e. The number of nitrogens with one attached hydrogen (secondary N) is 2. The SMILES string of the molecule is CN=C(NCC1CCN(C)CC1)NCC(c1cccc(OC)c1)N1CCCC1. The summed E-state index contributed by atoms with van der Waals surface area (Å²) in [5, 5.41) is 7.13. The van der Waals surface area contributed by atoms with Crippen LogP contribution in [0.2, 0.25) is 0 Å². The van der Waals surface area contributed by atoms with E-state index in [2.05, 4.69) is 50.7 Å². The van der Waals surface area contributed by atoms with Crippen LogP contribution < -0.4 is 15.4 Å². The van der Waals surface area contributed by atoms with E-state index in [0.717, 1.165) is 43.8 Å². The van der Waals surface area contributed by atoms with Crippen LogP contribution in [0.3, 0.4) is 0 Å². The van der Waals surface area contributed by atoms with E-state index in [1.807, 2.05) is 13.1 Å². The van der Waals surface area contributed by atoms with Gasteiger partial charge in [0.05, 0.1) is 13.2 Å². The van der Waals surface area contributed by atoms with E-state index in [1.165, 1.54) is 44.3 Å². The lowest BCUT2D eigenvalue weighted by Gasteiger charge is -2.31. The zero-order valence-corrected chi connectivity index (χ0v) is 17.8. The average Bonchev–Trinajstić information content (AvgIpc) is 3.26. The van der Waals surface area contributed by atoms with Gasteiger partial charge in [-0.2, -0.15) is 0 Å². The highest BCUT2D eigenvalue weighted by atomic mass is 16.5. The first-order valence-corrected chi connectivity index (χ1v) is 10.7. The summed E-state index contributed by atoms with van der Waals surface area (Å²) in [5.41, 5.74) is 1.31. The highest BCUT2D eigenvalue weighted by molar-refractivity contribution is 5.79. The summed E-state index contributed by atoms with van der Waals surface area (Å²) in [7, 11) is 5.80. The summed E-state index contributed by atoms with van der Waals surface area (Å²) in [6.07, 6.45) is 5.09. The number of hydrogen-bond donors (Lipinski definition) is 2. The second-order valence-corrected chi connectivity index (χ2v) is 8.12. The van der Waals surface area contributed by atoms with Gasteiger partial charge in [-0.3, -0.25) is 9.89 Å². The molecule has 156 valence electrons. The summed E-state index contributed by atoms with van der Waals surface area (Å²) in [4.78, 5) is 9.44. The van der Waals surface area contributed by atoms with Crippen LogP contribution in [0.5, 0.6) is 5.75 Å². The molecule has 0 aliphatic carbocycles. The molecule has 1 atom stereocenters. The average molecular weight is 388 g/mol. The number of benzene rings is 1. The maximum absolute atomic E-state index is 5.45. The molecule has 0 bridgehead atoms. The lowest BCUT2D eigenvalue weighted by Crippen LogP contribution is -2.45. The van der Waals surface area contributed by atoms with Crippen molar-refractivity contribution >= 4 is 5.96 Å². The molecule has 1 unspecified atom stereocenters. The molecule has 3 rings (SSSR count). The van der Waals surface area contributed by atoms with Gasteiger partial charge in [0.2, 0.25) is 0 Å². The molecule has 2 saturated heterocycles. The van der Waals surface area contributed by atoms with Gasteiger partial charge in [0.15, 0.2) is 5.96 Å². The lowest BCUT2D eigenvalue weighted by atomic mass is 9.97. The Morgan fingerprint density at radius 2 is 1.93 bits per heavy atom. The molecule has 0 spiro atoms. The summed E-state index contributed by atoms with van der Waals surface area (Å²) in [6.45, 7) is 6.56. The zero-order valence-electron chi connectivity index (χ0n) is 17.8. The molecule has 2 heterocycles. The van der Waals surface area contributed by atoms with Gasteiger partial charge in [-0.05, 0) is 82.5 Å². The number of ether oxygens (including phenoxy) is 1. The fourth-order valence-corrected chi connectivity index (χ4v) is 4.28. The van der Waals surface area contributed by atoms with Crippen molar-refractivity contribution in [3.8, 4) is 5.75 Å². The van der Waals surface area contributed by atoms with Crippen molar-refractivity contribution in [1.29, 1.82) is 0 Å². The van der Waals surface area contributed by atoms with Crippen molar-refractivity contribution in [3.63, 3.8) is 0 Å². The van der Waals surface area contributed by atoms with E-state index in [-0.39, 0.29) is 0 Å². The molecule has 2 aliphatic rings. The van der Waals surface area contributed by atoms with E-state index < -0.39 is 0 Å². The van der Waals surface area contributed by atoms with Crippen molar-refractivity contribution < 1.29 is 4.74 Å². The van der Waals surface area contributed by atoms with Crippen LogP contribution in [0.1, 0.15) is 37.3 Å². The van der Waals surface area contributed by atoms with Crippen LogP contribution in [0.4, 0.5) is 0 Å². The fourth-order valence-electron chi connectivity index (χ4n) is 4.28. The number of rotatable bonds is 7. The molecule has 2 fully saturated rings. The first-order chi connectivity index (χ1) is 13.7. The van der Waals surface area contributed by atoms with Crippen molar-refractivity contribution in [3.05, 3.63) is 29.8 Å². The number of methoxy groups -OCH3 is 1. The fraction of sp³-hybridized carbons (Fsp3) is 0.682.